The maximum absolute atomic E-state index is 12.5. The summed E-state index contributed by atoms with van der Waals surface area (Å²) in [6, 6.07) is 13.8. The van der Waals surface area contributed by atoms with E-state index in [1.54, 1.807) is 19.1 Å². The number of amides is 1. The van der Waals surface area contributed by atoms with E-state index >= 15 is 0 Å². The highest BCUT2D eigenvalue weighted by molar-refractivity contribution is 7.89. The molecule has 1 amide bonds. The topological polar surface area (TPSA) is 75.7 Å². The second-order valence-corrected chi connectivity index (χ2v) is 9.06. The predicted molar refractivity (Wildman–Crippen MR) is 111 cm³/mol. The van der Waals surface area contributed by atoms with Crippen molar-refractivity contribution in [2.24, 2.45) is 0 Å². The van der Waals surface area contributed by atoms with Gasteiger partial charge in [0.25, 0.3) is 5.91 Å². The second-order valence-electron chi connectivity index (χ2n) is 6.91. The molecule has 2 aromatic carbocycles. The van der Waals surface area contributed by atoms with Gasteiger partial charge in [-0.1, -0.05) is 32.0 Å². The smallest absolute Gasteiger partial charge is 0.265 e. The minimum Gasteiger partial charge on any atom is -0.481 e. The van der Waals surface area contributed by atoms with E-state index in [1.807, 2.05) is 24.3 Å². The van der Waals surface area contributed by atoms with Gasteiger partial charge in [-0.3, -0.25) is 4.79 Å². The summed E-state index contributed by atoms with van der Waals surface area (Å²) < 4.78 is 31.3. The number of anilines is 1. The first-order valence-electron chi connectivity index (χ1n) is 9.25. The molecular weight excluding hydrogens is 376 g/mol. The molecule has 2 rings (SSSR count). The maximum Gasteiger partial charge on any atom is 0.265 e. The van der Waals surface area contributed by atoms with Gasteiger partial charge < -0.3 is 10.1 Å². The van der Waals surface area contributed by atoms with E-state index in [9.17, 15) is 13.2 Å². The minimum atomic E-state index is -3.50. The number of carbonyl (C=O) groups excluding carboxylic acids is 1. The number of benzene rings is 2. The predicted octanol–water partition coefficient (Wildman–Crippen LogP) is 3.86. The van der Waals surface area contributed by atoms with Crippen LogP contribution < -0.4 is 10.1 Å². The maximum atomic E-state index is 12.5. The van der Waals surface area contributed by atoms with Gasteiger partial charge in [-0.2, -0.15) is 0 Å². The Morgan fingerprint density at radius 3 is 2.25 bits per heavy atom. The molecule has 0 fully saturated rings. The Morgan fingerprint density at radius 1 is 1.07 bits per heavy atom. The third-order valence-electron chi connectivity index (χ3n) is 4.64. The van der Waals surface area contributed by atoms with Crippen molar-refractivity contribution in [3.05, 3.63) is 54.1 Å². The van der Waals surface area contributed by atoms with Crippen molar-refractivity contribution < 1.29 is 17.9 Å². The molecule has 0 aliphatic carbocycles. The van der Waals surface area contributed by atoms with Crippen molar-refractivity contribution in [2.45, 2.75) is 44.1 Å². The standard InChI is InChI=1S/C21H28N2O4S/c1-6-15(2)19-9-7-8-10-20(19)27-16(3)21(24)22-17-11-13-18(14-12-17)28(25,26)23(4)5/h7-16H,6H2,1-5H3,(H,22,24). The molecule has 0 aromatic heterocycles. The number of nitrogens with zero attached hydrogens (tertiary/aromatic N) is 1. The quantitative estimate of drug-likeness (QED) is 0.725. The molecule has 2 aromatic rings. The summed E-state index contributed by atoms with van der Waals surface area (Å²) in [5.41, 5.74) is 1.58. The Kier molecular flexibility index (Phi) is 7.21. The van der Waals surface area contributed by atoms with E-state index in [4.69, 9.17) is 4.74 Å². The lowest BCUT2D eigenvalue weighted by atomic mass is 9.98. The molecule has 2 atom stereocenters. The Labute approximate surface area is 167 Å². The van der Waals surface area contributed by atoms with Crippen LogP contribution in [0.2, 0.25) is 0 Å². The molecular formula is C21H28N2O4S. The van der Waals surface area contributed by atoms with Crippen LogP contribution in [0.5, 0.6) is 5.75 Å². The number of sulfonamides is 1. The Morgan fingerprint density at radius 2 is 1.68 bits per heavy atom. The summed E-state index contributed by atoms with van der Waals surface area (Å²) in [5.74, 6) is 0.728. The lowest BCUT2D eigenvalue weighted by Crippen LogP contribution is -2.30. The zero-order valence-corrected chi connectivity index (χ0v) is 17.8. The Hall–Kier alpha value is -2.38. The molecule has 0 bridgehead atoms. The second kappa shape index (κ2) is 9.21. The summed E-state index contributed by atoms with van der Waals surface area (Å²) in [7, 11) is -0.552. The van der Waals surface area contributed by atoms with Crippen molar-refractivity contribution in [3.8, 4) is 5.75 Å². The van der Waals surface area contributed by atoms with Crippen molar-refractivity contribution >= 4 is 21.6 Å². The molecule has 6 nitrogen and oxygen atoms in total. The van der Waals surface area contributed by atoms with Gasteiger partial charge in [0.1, 0.15) is 5.75 Å². The van der Waals surface area contributed by atoms with Crippen LogP contribution in [0.4, 0.5) is 5.69 Å². The highest BCUT2D eigenvalue weighted by Gasteiger charge is 2.19. The van der Waals surface area contributed by atoms with Crippen molar-refractivity contribution in [2.75, 3.05) is 19.4 Å². The third kappa shape index (κ3) is 5.11. The third-order valence-corrected chi connectivity index (χ3v) is 6.47. The fourth-order valence-corrected chi connectivity index (χ4v) is 3.53. The van der Waals surface area contributed by atoms with Gasteiger partial charge in [0.15, 0.2) is 6.10 Å². The molecule has 0 aliphatic heterocycles. The highest BCUT2D eigenvalue weighted by atomic mass is 32.2. The van der Waals surface area contributed by atoms with Gasteiger partial charge in [0.2, 0.25) is 10.0 Å². The first kappa shape index (κ1) is 21.9. The van der Waals surface area contributed by atoms with Gasteiger partial charge in [-0.05, 0) is 55.2 Å². The van der Waals surface area contributed by atoms with Crippen LogP contribution >= 0.6 is 0 Å². The van der Waals surface area contributed by atoms with Gasteiger partial charge in [0, 0.05) is 19.8 Å². The van der Waals surface area contributed by atoms with Crippen molar-refractivity contribution in [1.29, 1.82) is 0 Å². The molecule has 0 saturated carbocycles. The molecule has 0 radical (unpaired) electrons. The number of ether oxygens (including phenoxy) is 1. The van der Waals surface area contributed by atoms with E-state index in [0.29, 0.717) is 17.4 Å². The zero-order chi connectivity index (χ0) is 20.9. The van der Waals surface area contributed by atoms with Gasteiger partial charge in [-0.25, -0.2) is 12.7 Å². The molecule has 1 N–H and O–H groups in total. The largest absolute Gasteiger partial charge is 0.481 e. The van der Waals surface area contributed by atoms with E-state index < -0.39 is 16.1 Å². The van der Waals surface area contributed by atoms with Crippen LogP contribution in [-0.4, -0.2) is 38.8 Å². The molecule has 28 heavy (non-hydrogen) atoms. The number of hydrogen-bond acceptors (Lipinski definition) is 4. The zero-order valence-electron chi connectivity index (χ0n) is 17.0. The Balaban J connectivity index is 2.08. The molecule has 0 spiro atoms. The SMILES string of the molecule is CCC(C)c1ccccc1OC(C)C(=O)Nc1ccc(S(=O)(=O)N(C)C)cc1. The van der Waals surface area contributed by atoms with Crippen LogP contribution in [0.15, 0.2) is 53.4 Å². The fraction of sp³-hybridized carbons (Fsp3) is 0.381. The number of rotatable bonds is 8. The van der Waals surface area contributed by atoms with Gasteiger partial charge >= 0.3 is 0 Å². The summed E-state index contributed by atoms with van der Waals surface area (Å²) in [6.07, 6.45) is 0.277. The fourth-order valence-electron chi connectivity index (χ4n) is 2.62. The van der Waals surface area contributed by atoms with Crippen LogP contribution in [-0.2, 0) is 14.8 Å². The normalized spacial score (nSPS) is 13.8. The molecule has 0 heterocycles. The lowest BCUT2D eigenvalue weighted by molar-refractivity contribution is -0.122. The summed E-state index contributed by atoms with van der Waals surface area (Å²) in [5, 5.41) is 2.76. The highest BCUT2D eigenvalue weighted by Crippen LogP contribution is 2.29. The summed E-state index contributed by atoms with van der Waals surface area (Å²) >= 11 is 0. The molecule has 2 unspecified atom stereocenters. The number of nitrogens with one attached hydrogen (secondary N) is 1. The van der Waals surface area contributed by atoms with E-state index in [-0.39, 0.29) is 10.8 Å². The van der Waals surface area contributed by atoms with Crippen molar-refractivity contribution in [3.63, 3.8) is 0 Å². The molecule has 152 valence electrons. The first-order chi connectivity index (χ1) is 13.2. The average Bonchev–Trinajstić information content (AvgIpc) is 2.68. The number of hydrogen-bond donors (Lipinski definition) is 1. The summed E-state index contributed by atoms with van der Waals surface area (Å²) in [4.78, 5) is 12.7. The molecule has 0 aliphatic rings. The number of carbonyl (C=O) groups is 1. The van der Waals surface area contributed by atoms with E-state index in [0.717, 1.165) is 16.3 Å². The summed E-state index contributed by atoms with van der Waals surface area (Å²) in [6.45, 7) is 5.92. The lowest BCUT2D eigenvalue weighted by Gasteiger charge is -2.19. The monoisotopic (exact) mass is 404 g/mol. The van der Waals surface area contributed by atoms with Gasteiger partial charge in [-0.15, -0.1) is 0 Å². The van der Waals surface area contributed by atoms with Crippen LogP contribution in [0.3, 0.4) is 0 Å². The van der Waals surface area contributed by atoms with Crippen LogP contribution in [0, 0.1) is 0 Å². The van der Waals surface area contributed by atoms with E-state index in [1.165, 1.54) is 26.2 Å². The minimum absolute atomic E-state index is 0.169. The molecule has 7 heteroatoms. The Bertz CT molecular complexity index is 908. The van der Waals surface area contributed by atoms with Gasteiger partial charge in [0.05, 0.1) is 4.90 Å². The van der Waals surface area contributed by atoms with Crippen molar-refractivity contribution in [1.82, 2.24) is 4.31 Å². The number of para-hydroxylation sites is 1. The van der Waals surface area contributed by atoms with Crippen LogP contribution in [0.25, 0.3) is 0 Å². The molecule has 0 saturated heterocycles. The van der Waals surface area contributed by atoms with Crippen LogP contribution in [0.1, 0.15) is 38.7 Å². The first-order valence-corrected chi connectivity index (χ1v) is 10.7. The van der Waals surface area contributed by atoms with E-state index in [2.05, 4.69) is 19.2 Å². The average molecular weight is 405 g/mol.